The highest BCUT2D eigenvalue weighted by molar-refractivity contribution is 7.46. The highest BCUT2D eigenvalue weighted by Crippen LogP contribution is 2.36. The van der Waals surface area contributed by atoms with Gasteiger partial charge in [-0.05, 0) is 24.2 Å². The fourth-order valence-corrected chi connectivity index (χ4v) is 1.44. The Morgan fingerprint density at radius 2 is 1.86 bits per heavy atom. The second-order valence-corrected chi connectivity index (χ2v) is 6.23. The Morgan fingerprint density at radius 1 is 1.36 bits per heavy atom. The summed E-state index contributed by atoms with van der Waals surface area (Å²) in [6, 6.07) is 0. The van der Waals surface area contributed by atoms with E-state index in [1.54, 1.807) is 0 Å². The topological polar surface area (TPSA) is 66.8 Å². The second kappa shape index (κ2) is 5.26. The van der Waals surface area contributed by atoms with Gasteiger partial charge in [0, 0.05) is 0 Å². The summed E-state index contributed by atoms with van der Waals surface area (Å²) >= 11 is 0. The van der Waals surface area contributed by atoms with Crippen LogP contribution >= 0.6 is 7.82 Å². The summed E-state index contributed by atoms with van der Waals surface area (Å²) in [5.41, 5.74) is 0.260. The molecule has 0 aliphatic rings. The van der Waals surface area contributed by atoms with Crippen LogP contribution in [0.1, 0.15) is 40.5 Å². The summed E-state index contributed by atoms with van der Waals surface area (Å²) in [5, 5.41) is 0. The van der Waals surface area contributed by atoms with Crippen LogP contribution < -0.4 is 0 Å². The standard InChI is InChI=1S/C9H21O4P/c1-8(5-6-9(2,3)4)7-13-14(10,11)12/h8H,5-7H2,1-4H3,(H2,10,11,12). The minimum Gasteiger partial charge on any atom is -0.303 e. The Labute approximate surface area is 85.9 Å². The third-order valence-corrected chi connectivity index (χ3v) is 2.40. The molecular formula is C9H21O4P. The van der Waals surface area contributed by atoms with Crippen molar-refractivity contribution < 1.29 is 18.9 Å². The molecule has 0 saturated carbocycles. The van der Waals surface area contributed by atoms with Gasteiger partial charge in [-0.15, -0.1) is 0 Å². The average molecular weight is 224 g/mol. The zero-order valence-corrected chi connectivity index (χ0v) is 10.3. The van der Waals surface area contributed by atoms with Gasteiger partial charge in [-0.1, -0.05) is 27.7 Å². The van der Waals surface area contributed by atoms with E-state index in [0.717, 1.165) is 12.8 Å². The molecule has 1 unspecified atom stereocenters. The molecule has 0 aromatic heterocycles. The van der Waals surface area contributed by atoms with Crippen molar-refractivity contribution in [3.8, 4) is 0 Å². The first-order valence-corrected chi connectivity index (χ1v) is 6.33. The van der Waals surface area contributed by atoms with Crippen molar-refractivity contribution in [2.45, 2.75) is 40.5 Å². The number of rotatable bonds is 5. The van der Waals surface area contributed by atoms with Crippen molar-refractivity contribution in [1.82, 2.24) is 0 Å². The Kier molecular flexibility index (Phi) is 5.31. The summed E-state index contributed by atoms with van der Waals surface area (Å²) < 4.78 is 14.8. The Hall–Kier alpha value is 0.110. The molecule has 0 aromatic carbocycles. The van der Waals surface area contributed by atoms with E-state index in [1.807, 2.05) is 6.92 Å². The predicted octanol–water partition coefficient (Wildman–Crippen LogP) is 2.56. The largest absolute Gasteiger partial charge is 0.469 e. The highest BCUT2D eigenvalue weighted by atomic mass is 31.2. The van der Waals surface area contributed by atoms with Gasteiger partial charge < -0.3 is 9.79 Å². The van der Waals surface area contributed by atoms with Crippen LogP contribution in [0.5, 0.6) is 0 Å². The summed E-state index contributed by atoms with van der Waals surface area (Å²) in [6.07, 6.45) is 1.95. The minimum atomic E-state index is -4.28. The molecule has 0 rings (SSSR count). The lowest BCUT2D eigenvalue weighted by atomic mass is 9.87. The molecule has 4 nitrogen and oxygen atoms in total. The van der Waals surface area contributed by atoms with Gasteiger partial charge in [0.05, 0.1) is 6.61 Å². The van der Waals surface area contributed by atoms with Crippen LogP contribution in [0.25, 0.3) is 0 Å². The molecule has 0 heterocycles. The molecule has 0 bridgehead atoms. The first-order chi connectivity index (χ1) is 6.10. The lowest BCUT2D eigenvalue weighted by Gasteiger charge is -2.20. The van der Waals surface area contributed by atoms with Crippen LogP contribution in [-0.2, 0) is 9.09 Å². The van der Waals surface area contributed by atoms with E-state index in [9.17, 15) is 4.57 Å². The van der Waals surface area contributed by atoms with Gasteiger partial charge in [0.25, 0.3) is 0 Å². The minimum absolute atomic E-state index is 0.125. The van der Waals surface area contributed by atoms with Gasteiger partial charge in [0.1, 0.15) is 0 Å². The molecule has 14 heavy (non-hydrogen) atoms. The van der Waals surface area contributed by atoms with Gasteiger partial charge in [0.15, 0.2) is 0 Å². The molecule has 5 heteroatoms. The number of hydrogen-bond acceptors (Lipinski definition) is 2. The van der Waals surface area contributed by atoms with Gasteiger partial charge >= 0.3 is 7.82 Å². The van der Waals surface area contributed by atoms with Crippen molar-refractivity contribution >= 4 is 7.82 Å². The van der Waals surface area contributed by atoms with Crippen molar-refractivity contribution in [3.63, 3.8) is 0 Å². The summed E-state index contributed by atoms with van der Waals surface area (Å²) in [5.74, 6) is 0.182. The number of hydrogen-bond donors (Lipinski definition) is 2. The van der Waals surface area contributed by atoms with E-state index in [2.05, 4.69) is 25.3 Å². The van der Waals surface area contributed by atoms with Crippen molar-refractivity contribution in [1.29, 1.82) is 0 Å². The zero-order valence-electron chi connectivity index (χ0n) is 9.36. The van der Waals surface area contributed by atoms with E-state index >= 15 is 0 Å². The molecule has 0 radical (unpaired) electrons. The summed E-state index contributed by atoms with van der Waals surface area (Å²) in [6.45, 7) is 8.48. The third-order valence-electron chi connectivity index (χ3n) is 1.91. The maximum atomic E-state index is 10.4. The molecule has 0 amide bonds. The fraction of sp³-hybridized carbons (Fsp3) is 1.00. The molecule has 0 aromatic rings. The maximum absolute atomic E-state index is 10.4. The van der Waals surface area contributed by atoms with Crippen LogP contribution in [0.15, 0.2) is 0 Å². The van der Waals surface area contributed by atoms with Crippen LogP contribution in [0.2, 0.25) is 0 Å². The molecule has 0 aliphatic carbocycles. The SMILES string of the molecule is CC(CCC(C)(C)C)COP(=O)(O)O. The van der Waals surface area contributed by atoms with Crippen LogP contribution in [0, 0.1) is 11.3 Å². The van der Waals surface area contributed by atoms with E-state index in [4.69, 9.17) is 9.79 Å². The van der Waals surface area contributed by atoms with E-state index < -0.39 is 7.82 Å². The van der Waals surface area contributed by atoms with Crippen LogP contribution in [0.4, 0.5) is 0 Å². The van der Waals surface area contributed by atoms with Crippen LogP contribution in [0.3, 0.4) is 0 Å². The van der Waals surface area contributed by atoms with E-state index in [1.165, 1.54) is 0 Å². The lowest BCUT2D eigenvalue weighted by molar-refractivity contribution is 0.163. The Morgan fingerprint density at radius 3 is 2.21 bits per heavy atom. The first-order valence-electron chi connectivity index (χ1n) is 4.80. The lowest BCUT2D eigenvalue weighted by Crippen LogP contribution is -2.11. The van der Waals surface area contributed by atoms with Gasteiger partial charge in [-0.3, -0.25) is 4.52 Å². The molecule has 2 N–H and O–H groups in total. The quantitative estimate of drug-likeness (QED) is 0.704. The maximum Gasteiger partial charge on any atom is 0.469 e. The van der Waals surface area contributed by atoms with Gasteiger partial charge in [-0.2, -0.15) is 0 Å². The fourth-order valence-electron chi connectivity index (χ4n) is 0.987. The monoisotopic (exact) mass is 224 g/mol. The van der Waals surface area contributed by atoms with Gasteiger partial charge in [0.2, 0.25) is 0 Å². The first kappa shape index (κ1) is 14.1. The van der Waals surface area contributed by atoms with E-state index in [0.29, 0.717) is 0 Å². The smallest absolute Gasteiger partial charge is 0.303 e. The van der Waals surface area contributed by atoms with E-state index in [-0.39, 0.29) is 17.9 Å². The molecule has 86 valence electrons. The Balaban J connectivity index is 3.67. The summed E-state index contributed by atoms with van der Waals surface area (Å²) in [4.78, 5) is 17.0. The number of phosphoric acid groups is 1. The van der Waals surface area contributed by atoms with Crippen molar-refractivity contribution in [2.24, 2.45) is 11.3 Å². The molecule has 0 aliphatic heterocycles. The highest BCUT2D eigenvalue weighted by Gasteiger charge is 2.17. The Bertz CT molecular complexity index is 203. The number of phosphoric ester groups is 1. The molecule has 1 atom stereocenters. The van der Waals surface area contributed by atoms with Crippen molar-refractivity contribution in [3.05, 3.63) is 0 Å². The molecular weight excluding hydrogens is 203 g/mol. The summed E-state index contributed by atoms with van der Waals surface area (Å²) in [7, 11) is -4.28. The third kappa shape index (κ3) is 10.2. The molecule has 0 saturated heterocycles. The predicted molar refractivity (Wildman–Crippen MR) is 55.8 cm³/mol. The zero-order chi connectivity index (χ0) is 11.4. The second-order valence-electron chi connectivity index (χ2n) is 4.99. The van der Waals surface area contributed by atoms with Crippen LogP contribution in [-0.4, -0.2) is 16.4 Å². The molecule has 0 spiro atoms. The van der Waals surface area contributed by atoms with Gasteiger partial charge in [-0.25, -0.2) is 4.57 Å². The van der Waals surface area contributed by atoms with Crippen molar-refractivity contribution in [2.75, 3.05) is 6.61 Å². The molecule has 0 fully saturated rings. The normalized spacial score (nSPS) is 15.6. The average Bonchev–Trinajstić information content (AvgIpc) is 1.94.